The average Bonchev–Trinajstić information content (AvgIpc) is 3.02. The summed E-state index contributed by atoms with van der Waals surface area (Å²) < 4.78 is 40.6. The van der Waals surface area contributed by atoms with Gasteiger partial charge >= 0.3 is 0 Å². The molecule has 0 saturated carbocycles. The fourth-order valence-electron chi connectivity index (χ4n) is 4.37. The zero-order valence-corrected chi connectivity index (χ0v) is 17.9. The SMILES string of the molecule is CN1C(N)=N[C@](C)(c2cc(C[C@H]3CCc4cc(Cl)ccc43)ccc2F)CS1(=O)=O. The Morgan fingerprint density at radius 2 is 2.07 bits per heavy atom. The highest BCUT2D eigenvalue weighted by molar-refractivity contribution is 7.89. The molecule has 8 heteroatoms. The van der Waals surface area contributed by atoms with Gasteiger partial charge in [0.2, 0.25) is 16.0 Å². The standard InChI is InChI=1S/C21H23ClFN3O2S/c1-21(12-29(27,28)26(2)20(24)25-21)18-10-13(3-8-19(18)23)9-14-4-5-15-11-16(22)6-7-17(14)15/h3,6-8,10-11,14H,4-5,9,12H2,1-2H3,(H2,24,25)/t14-,21+/m1/s1. The summed E-state index contributed by atoms with van der Waals surface area (Å²) in [5, 5.41) is 0.736. The van der Waals surface area contributed by atoms with Crippen LogP contribution in [0.1, 0.15) is 41.5 Å². The maximum Gasteiger partial charge on any atom is 0.239 e. The lowest BCUT2D eigenvalue weighted by Crippen LogP contribution is -2.50. The first-order valence-electron chi connectivity index (χ1n) is 9.48. The Labute approximate surface area is 175 Å². The summed E-state index contributed by atoms with van der Waals surface area (Å²) >= 11 is 6.10. The molecule has 2 atom stereocenters. The molecule has 0 unspecified atom stereocenters. The molecule has 2 N–H and O–H groups in total. The zero-order chi connectivity index (χ0) is 21.0. The second kappa shape index (κ2) is 6.99. The van der Waals surface area contributed by atoms with Gasteiger partial charge in [-0.2, -0.15) is 0 Å². The Hall–Kier alpha value is -2.12. The molecule has 0 aromatic heterocycles. The maximum absolute atomic E-state index is 14.7. The van der Waals surface area contributed by atoms with E-state index >= 15 is 0 Å². The summed E-state index contributed by atoms with van der Waals surface area (Å²) in [6.07, 6.45) is 2.71. The highest BCUT2D eigenvalue weighted by Gasteiger charge is 2.41. The van der Waals surface area contributed by atoms with Crippen molar-refractivity contribution in [2.24, 2.45) is 10.7 Å². The van der Waals surface area contributed by atoms with Gasteiger partial charge in [-0.3, -0.25) is 0 Å². The predicted molar refractivity (Wildman–Crippen MR) is 113 cm³/mol. The van der Waals surface area contributed by atoms with Gasteiger partial charge < -0.3 is 5.73 Å². The lowest BCUT2D eigenvalue weighted by Gasteiger charge is -2.34. The topological polar surface area (TPSA) is 75.8 Å². The highest BCUT2D eigenvalue weighted by Crippen LogP contribution is 2.38. The van der Waals surface area contributed by atoms with Crippen LogP contribution in [0.15, 0.2) is 41.4 Å². The van der Waals surface area contributed by atoms with Gasteiger partial charge in [0.05, 0.1) is 5.75 Å². The van der Waals surface area contributed by atoms with Crippen molar-refractivity contribution < 1.29 is 12.8 Å². The van der Waals surface area contributed by atoms with Gasteiger partial charge in [-0.15, -0.1) is 0 Å². The van der Waals surface area contributed by atoms with Gasteiger partial charge in [-0.25, -0.2) is 22.1 Å². The minimum Gasteiger partial charge on any atom is -0.369 e. The smallest absolute Gasteiger partial charge is 0.239 e. The number of rotatable bonds is 3. The molecule has 154 valence electrons. The lowest BCUT2D eigenvalue weighted by atomic mass is 9.88. The van der Waals surface area contributed by atoms with E-state index in [4.69, 9.17) is 17.3 Å². The van der Waals surface area contributed by atoms with Crippen LogP contribution in [0.5, 0.6) is 0 Å². The summed E-state index contributed by atoms with van der Waals surface area (Å²) in [6.45, 7) is 1.61. The van der Waals surface area contributed by atoms with Crippen molar-refractivity contribution >= 4 is 27.6 Å². The van der Waals surface area contributed by atoms with E-state index < -0.39 is 21.4 Å². The van der Waals surface area contributed by atoms with Crippen molar-refractivity contribution in [3.05, 3.63) is 69.5 Å². The second-order valence-electron chi connectivity index (χ2n) is 8.06. The predicted octanol–water partition coefficient (Wildman–Crippen LogP) is 3.56. The minimum atomic E-state index is -3.66. The Kier molecular flexibility index (Phi) is 4.86. The van der Waals surface area contributed by atoms with E-state index in [2.05, 4.69) is 11.1 Å². The molecule has 1 aliphatic carbocycles. The van der Waals surface area contributed by atoms with Crippen molar-refractivity contribution in [2.45, 2.75) is 37.6 Å². The molecule has 1 aliphatic heterocycles. The summed E-state index contributed by atoms with van der Waals surface area (Å²) in [5.74, 6) is -0.623. The van der Waals surface area contributed by atoms with Crippen LogP contribution in [0.4, 0.5) is 4.39 Å². The molecule has 4 rings (SSSR count). The van der Waals surface area contributed by atoms with Crippen LogP contribution in [0.2, 0.25) is 5.02 Å². The fraction of sp³-hybridized carbons (Fsp3) is 0.381. The molecule has 0 radical (unpaired) electrons. The van der Waals surface area contributed by atoms with Gasteiger partial charge in [0.1, 0.15) is 11.4 Å². The van der Waals surface area contributed by atoms with E-state index in [1.54, 1.807) is 19.1 Å². The number of nitrogens with zero attached hydrogens (tertiary/aromatic N) is 2. The van der Waals surface area contributed by atoms with Crippen LogP contribution >= 0.6 is 11.6 Å². The molecule has 0 bridgehead atoms. The fourth-order valence-corrected chi connectivity index (χ4v) is 6.02. The third-order valence-corrected chi connectivity index (χ3v) is 8.15. The van der Waals surface area contributed by atoms with Crippen molar-refractivity contribution in [3.63, 3.8) is 0 Å². The molecule has 0 fully saturated rings. The number of guanidine groups is 1. The molecular formula is C21H23ClFN3O2S. The monoisotopic (exact) mass is 435 g/mol. The zero-order valence-electron chi connectivity index (χ0n) is 16.3. The molecule has 1 heterocycles. The molecule has 0 saturated heterocycles. The molecule has 2 aromatic rings. The first-order valence-corrected chi connectivity index (χ1v) is 11.5. The minimum absolute atomic E-state index is 0.134. The number of sulfonamides is 1. The summed E-state index contributed by atoms with van der Waals surface area (Å²) in [4.78, 5) is 4.33. The lowest BCUT2D eigenvalue weighted by molar-refractivity contribution is 0.457. The Bertz CT molecular complexity index is 1120. The third-order valence-electron chi connectivity index (χ3n) is 5.96. The van der Waals surface area contributed by atoms with E-state index in [0.717, 1.165) is 34.2 Å². The van der Waals surface area contributed by atoms with Crippen LogP contribution in [-0.2, 0) is 28.4 Å². The number of halogens is 2. The van der Waals surface area contributed by atoms with Crippen molar-refractivity contribution in [3.8, 4) is 0 Å². The van der Waals surface area contributed by atoms with Gasteiger partial charge in [0.25, 0.3) is 0 Å². The number of hydrogen-bond acceptors (Lipinski definition) is 4. The van der Waals surface area contributed by atoms with Crippen LogP contribution in [0.3, 0.4) is 0 Å². The van der Waals surface area contributed by atoms with Crippen molar-refractivity contribution in [1.82, 2.24) is 4.31 Å². The number of nitrogens with two attached hydrogens (primary N) is 1. The number of aliphatic imine (C=N–C) groups is 1. The van der Waals surface area contributed by atoms with Crippen LogP contribution in [0.25, 0.3) is 0 Å². The van der Waals surface area contributed by atoms with E-state index in [9.17, 15) is 12.8 Å². The van der Waals surface area contributed by atoms with E-state index in [0.29, 0.717) is 5.92 Å². The highest BCUT2D eigenvalue weighted by atomic mass is 35.5. The van der Waals surface area contributed by atoms with Gasteiger partial charge in [-0.1, -0.05) is 29.8 Å². The summed E-state index contributed by atoms with van der Waals surface area (Å²) in [6, 6.07) is 10.9. The van der Waals surface area contributed by atoms with Gasteiger partial charge in [0.15, 0.2) is 0 Å². The molecule has 0 amide bonds. The Morgan fingerprint density at radius 3 is 2.79 bits per heavy atom. The van der Waals surface area contributed by atoms with Gasteiger partial charge in [-0.05, 0) is 67.0 Å². The number of aryl methyl sites for hydroxylation is 1. The largest absolute Gasteiger partial charge is 0.369 e. The number of benzene rings is 2. The van der Waals surface area contributed by atoms with Crippen LogP contribution in [0, 0.1) is 5.82 Å². The van der Waals surface area contributed by atoms with Crippen LogP contribution in [-0.4, -0.2) is 31.5 Å². The summed E-state index contributed by atoms with van der Waals surface area (Å²) in [7, 11) is -2.31. The first kappa shape index (κ1) is 20.2. The second-order valence-corrected chi connectivity index (χ2v) is 10.5. The average molecular weight is 436 g/mol. The Balaban J connectivity index is 1.68. The molecule has 2 aromatic carbocycles. The quantitative estimate of drug-likeness (QED) is 0.800. The molecule has 0 spiro atoms. The van der Waals surface area contributed by atoms with Crippen LogP contribution < -0.4 is 5.73 Å². The number of hydrogen-bond donors (Lipinski definition) is 1. The number of fused-ring (bicyclic) bond motifs is 1. The van der Waals surface area contributed by atoms with E-state index in [1.165, 1.54) is 24.2 Å². The van der Waals surface area contributed by atoms with E-state index in [1.807, 2.05) is 12.1 Å². The van der Waals surface area contributed by atoms with Crippen molar-refractivity contribution in [2.75, 3.05) is 12.8 Å². The van der Waals surface area contributed by atoms with E-state index in [-0.39, 0.29) is 17.3 Å². The molecular weight excluding hydrogens is 413 g/mol. The maximum atomic E-state index is 14.7. The molecule has 5 nitrogen and oxygen atoms in total. The Morgan fingerprint density at radius 1 is 1.31 bits per heavy atom. The normalized spacial score (nSPS) is 25.6. The first-order chi connectivity index (χ1) is 13.6. The third kappa shape index (κ3) is 3.62. The molecule has 2 aliphatic rings. The van der Waals surface area contributed by atoms with Crippen molar-refractivity contribution in [1.29, 1.82) is 0 Å². The summed E-state index contributed by atoms with van der Waals surface area (Å²) in [5.41, 5.74) is 8.28. The molecule has 29 heavy (non-hydrogen) atoms. The van der Waals surface area contributed by atoms with Gasteiger partial charge in [0, 0.05) is 17.6 Å².